The monoisotopic (exact) mass is 327 g/mol. The van der Waals surface area contributed by atoms with Gasteiger partial charge in [0.05, 0.1) is 12.2 Å². The topological polar surface area (TPSA) is 101 Å². The third kappa shape index (κ3) is 3.49. The van der Waals surface area contributed by atoms with E-state index in [4.69, 9.17) is 0 Å². The summed E-state index contributed by atoms with van der Waals surface area (Å²) in [6.45, 7) is 2.25. The van der Waals surface area contributed by atoms with E-state index in [-0.39, 0.29) is 17.2 Å². The average Bonchev–Trinajstić information content (AvgIpc) is 2.95. The van der Waals surface area contributed by atoms with Gasteiger partial charge in [0, 0.05) is 28.9 Å². The number of aromatic amines is 1. The fraction of sp³-hybridized carbons (Fsp3) is 0.133. The van der Waals surface area contributed by atoms with Crippen LogP contribution in [0, 0.1) is 6.92 Å². The normalized spacial score (nSPS) is 10.5. The molecule has 0 aliphatic carbocycles. The predicted octanol–water partition coefficient (Wildman–Crippen LogP) is 1.53. The molecule has 3 aromatic rings. The summed E-state index contributed by atoms with van der Waals surface area (Å²) in [5.74, 6) is -0.350. The van der Waals surface area contributed by atoms with E-state index >= 15 is 0 Å². The SMILES string of the molecule is Cc1nc(-c2cccnc2)sc1CNC(=O)c1ccc(=O)[nH]n1. The van der Waals surface area contributed by atoms with Crippen molar-refractivity contribution in [2.75, 3.05) is 0 Å². The number of aromatic nitrogens is 4. The first kappa shape index (κ1) is 15.0. The van der Waals surface area contributed by atoms with Crippen LogP contribution in [0.4, 0.5) is 0 Å². The van der Waals surface area contributed by atoms with Gasteiger partial charge in [0.25, 0.3) is 11.5 Å². The van der Waals surface area contributed by atoms with E-state index in [1.807, 2.05) is 19.1 Å². The van der Waals surface area contributed by atoms with Crippen LogP contribution >= 0.6 is 11.3 Å². The lowest BCUT2D eigenvalue weighted by molar-refractivity contribution is 0.0945. The number of amides is 1. The lowest BCUT2D eigenvalue weighted by Crippen LogP contribution is -2.25. The second-order valence-corrected chi connectivity index (χ2v) is 5.84. The zero-order valence-electron chi connectivity index (χ0n) is 12.2. The van der Waals surface area contributed by atoms with Gasteiger partial charge in [-0.25, -0.2) is 10.1 Å². The van der Waals surface area contributed by atoms with E-state index in [0.29, 0.717) is 6.54 Å². The molecule has 1 amide bonds. The molecular formula is C15H13N5O2S. The number of nitrogens with one attached hydrogen (secondary N) is 2. The summed E-state index contributed by atoms with van der Waals surface area (Å²) in [7, 11) is 0. The van der Waals surface area contributed by atoms with Crippen molar-refractivity contribution in [1.29, 1.82) is 0 Å². The second kappa shape index (κ2) is 6.49. The highest BCUT2D eigenvalue weighted by molar-refractivity contribution is 7.15. The Labute approximate surface area is 135 Å². The van der Waals surface area contributed by atoms with Gasteiger partial charge in [0.2, 0.25) is 0 Å². The molecule has 0 radical (unpaired) electrons. The van der Waals surface area contributed by atoms with Gasteiger partial charge < -0.3 is 5.32 Å². The first-order valence-corrected chi connectivity index (χ1v) is 7.66. The van der Waals surface area contributed by atoms with E-state index in [1.54, 1.807) is 12.4 Å². The number of rotatable bonds is 4. The maximum absolute atomic E-state index is 12.0. The fourth-order valence-electron chi connectivity index (χ4n) is 1.93. The molecule has 8 heteroatoms. The number of hydrogen-bond acceptors (Lipinski definition) is 6. The number of nitrogens with zero attached hydrogens (tertiary/aromatic N) is 3. The molecule has 0 unspecified atom stereocenters. The molecular weight excluding hydrogens is 314 g/mol. The quantitative estimate of drug-likeness (QED) is 0.757. The highest BCUT2D eigenvalue weighted by Crippen LogP contribution is 2.27. The van der Waals surface area contributed by atoms with Crippen molar-refractivity contribution in [3.05, 3.63) is 63.3 Å². The van der Waals surface area contributed by atoms with Gasteiger partial charge in [-0.2, -0.15) is 5.10 Å². The summed E-state index contributed by atoms with van der Waals surface area (Å²) in [4.78, 5) is 32.5. The van der Waals surface area contributed by atoms with Gasteiger partial charge in [-0.15, -0.1) is 11.3 Å². The van der Waals surface area contributed by atoms with E-state index in [9.17, 15) is 9.59 Å². The number of pyridine rings is 1. The molecule has 0 fully saturated rings. The molecule has 7 nitrogen and oxygen atoms in total. The van der Waals surface area contributed by atoms with Crippen LogP contribution in [0.15, 0.2) is 41.5 Å². The minimum atomic E-state index is -0.350. The standard InChI is InChI=1S/C15H13N5O2S/c1-9-12(23-15(18-9)10-3-2-6-16-7-10)8-17-14(22)11-4-5-13(21)20-19-11/h2-7H,8H2,1H3,(H,17,22)(H,20,21). The van der Waals surface area contributed by atoms with Gasteiger partial charge in [-0.1, -0.05) is 0 Å². The maximum Gasteiger partial charge on any atom is 0.272 e. The van der Waals surface area contributed by atoms with Crippen molar-refractivity contribution >= 4 is 17.2 Å². The van der Waals surface area contributed by atoms with Gasteiger partial charge in [0.15, 0.2) is 0 Å². The molecule has 23 heavy (non-hydrogen) atoms. The highest BCUT2D eigenvalue weighted by Gasteiger charge is 2.12. The van der Waals surface area contributed by atoms with Crippen molar-refractivity contribution in [2.24, 2.45) is 0 Å². The molecule has 3 rings (SSSR count). The number of carbonyl (C=O) groups excluding carboxylic acids is 1. The Hall–Kier alpha value is -2.87. The van der Waals surface area contributed by atoms with Gasteiger partial charge in [-0.05, 0) is 25.1 Å². The average molecular weight is 327 g/mol. The molecule has 3 heterocycles. The summed E-state index contributed by atoms with van der Waals surface area (Å²) in [6, 6.07) is 6.45. The highest BCUT2D eigenvalue weighted by atomic mass is 32.1. The van der Waals surface area contributed by atoms with Gasteiger partial charge in [0.1, 0.15) is 10.7 Å². The molecule has 0 saturated carbocycles. The maximum atomic E-state index is 12.0. The molecule has 3 aromatic heterocycles. The van der Waals surface area contributed by atoms with E-state index in [1.165, 1.54) is 23.5 Å². The number of H-pyrrole nitrogens is 1. The van der Waals surface area contributed by atoms with Crippen LogP contribution in [0.1, 0.15) is 21.1 Å². The van der Waals surface area contributed by atoms with Crippen LogP contribution in [-0.4, -0.2) is 26.1 Å². The molecule has 0 atom stereocenters. The van der Waals surface area contributed by atoms with Gasteiger partial charge >= 0.3 is 0 Å². The van der Waals surface area contributed by atoms with Crippen LogP contribution in [0.2, 0.25) is 0 Å². The smallest absolute Gasteiger partial charge is 0.272 e. The molecule has 0 aliphatic heterocycles. The lowest BCUT2D eigenvalue weighted by Gasteiger charge is -2.02. The van der Waals surface area contributed by atoms with Crippen LogP contribution in [0.25, 0.3) is 10.6 Å². The minimum absolute atomic E-state index is 0.166. The molecule has 0 bridgehead atoms. The van der Waals surface area contributed by atoms with Crippen LogP contribution < -0.4 is 10.9 Å². The van der Waals surface area contributed by atoms with Crippen molar-refractivity contribution in [3.8, 4) is 10.6 Å². The second-order valence-electron chi connectivity index (χ2n) is 4.76. The lowest BCUT2D eigenvalue weighted by atomic mass is 10.3. The Bertz CT molecular complexity index is 868. The summed E-state index contributed by atoms with van der Waals surface area (Å²) in [5, 5.41) is 9.56. The van der Waals surface area contributed by atoms with E-state index in [0.717, 1.165) is 21.1 Å². The van der Waals surface area contributed by atoms with Crippen molar-refractivity contribution in [3.63, 3.8) is 0 Å². The van der Waals surface area contributed by atoms with Crippen LogP contribution in [-0.2, 0) is 6.54 Å². The Kier molecular flexibility index (Phi) is 4.24. The van der Waals surface area contributed by atoms with Crippen LogP contribution in [0.3, 0.4) is 0 Å². The Balaban J connectivity index is 1.71. The zero-order valence-corrected chi connectivity index (χ0v) is 13.1. The Morgan fingerprint density at radius 2 is 2.22 bits per heavy atom. The number of hydrogen-bond donors (Lipinski definition) is 2. The molecule has 2 N–H and O–H groups in total. The Morgan fingerprint density at radius 3 is 2.91 bits per heavy atom. The molecule has 0 spiro atoms. The Morgan fingerprint density at radius 1 is 1.35 bits per heavy atom. The summed E-state index contributed by atoms with van der Waals surface area (Å²) >= 11 is 1.51. The van der Waals surface area contributed by atoms with Crippen molar-refractivity contribution in [1.82, 2.24) is 25.5 Å². The van der Waals surface area contributed by atoms with E-state index < -0.39 is 0 Å². The number of carbonyl (C=O) groups is 1. The summed E-state index contributed by atoms with van der Waals surface area (Å²) < 4.78 is 0. The first-order chi connectivity index (χ1) is 11.1. The first-order valence-electron chi connectivity index (χ1n) is 6.84. The van der Waals surface area contributed by atoms with Crippen LogP contribution in [0.5, 0.6) is 0 Å². The molecule has 0 saturated heterocycles. The van der Waals surface area contributed by atoms with Crippen molar-refractivity contribution < 1.29 is 4.79 Å². The van der Waals surface area contributed by atoms with E-state index in [2.05, 4.69) is 25.5 Å². The third-order valence-corrected chi connectivity index (χ3v) is 4.33. The summed E-state index contributed by atoms with van der Waals surface area (Å²) in [5.41, 5.74) is 1.63. The molecule has 0 aliphatic rings. The molecule has 0 aromatic carbocycles. The predicted molar refractivity (Wildman–Crippen MR) is 86.1 cm³/mol. The number of thiazole rings is 1. The zero-order chi connectivity index (χ0) is 16.2. The van der Waals surface area contributed by atoms with Crippen molar-refractivity contribution in [2.45, 2.75) is 13.5 Å². The third-order valence-electron chi connectivity index (χ3n) is 3.12. The van der Waals surface area contributed by atoms with Gasteiger partial charge in [-0.3, -0.25) is 14.6 Å². The largest absolute Gasteiger partial charge is 0.346 e. The number of aryl methyl sites for hydroxylation is 1. The summed E-state index contributed by atoms with van der Waals surface area (Å²) in [6.07, 6.45) is 3.47. The molecule has 116 valence electrons. The minimum Gasteiger partial charge on any atom is -0.346 e. The fourth-order valence-corrected chi connectivity index (χ4v) is 2.92.